The van der Waals surface area contributed by atoms with Gasteiger partial charge in [-0.25, -0.2) is 9.78 Å². The zero-order valence-electron chi connectivity index (χ0n) is 24.6. The number of benzene rings is 2. The third-order valence-electron chi connectivity index (χ3n) is 7.74. The number of esters is 1. The Morgan fingerprint density at radius 2 is 1.73 bits per heavy atom. The first-order chi connectivity index (χ1) is 21.4. The molecule has 2 amide bonds. The van der Waals surface area contributed by atoms with Crippen molar-refractivity contribution in [1.29, 1.82) is 0 Å². The number of ether oxygens (including phenoxy) is 4. The van der Waals surface area contributed by atoms with Crippen LogP contribution in [0, 0.1) is 0 Å². The average Bonchev–Trinajstić information content (AvgIpc) is 3.35. The molecule has 2 aromatic carbocycles. The minimum atomic E-state index is -0.447. The highest BCUT2D eigenvalue weighted by Gasteiger charge is 2.33. The number of aromatic nitrogens is 3. The molecule has 0 N–H and O–H groups in total. The highest BCUT2D eigenvalue weighted by molar-refractivity contribution is 6.04. The summed E-state index contributed by atoms with van der Waals surface area (Å²) in [5.41, 5.74) is 3.85. The van der Waals surface area contributed by atoms with E-state index >= 15 is 0 Å². The minimum Gasteiger partial charge on any atom is -0.473 e. The van der Waals surface area contributed by atoms with Crippen LogP contribution in [-0.4, -0.2) is 77.2 Å². The van der Waals surface area contributed by atoms with Gasteiger partial charge in [-0.15, -0.1) is 0 Å². The first kappa shape index (κ1) is 29.3. The van der Waals surface area contributed by atoms with Crippen LogP contribution in [-0.2, 0) is 50.1 Å². The molecule has 0 radical (unpaired) electrons. The standard InChI is InChI=1S/C32H33N5O7/c1-41-19-21-6-8-22(9-7-21)20-44-29-5-3-4-27(34-29)37-18-30(38)35(17-31(37)39)16-28-33-25-11-10-23(32(40)42-2)14-26(25)36(28)15-24-12-13-43-24/h3-11,14,24H,12-13,15-20H2,1-2H3/t24-/m0/s1. The summed E-state index contributed by atoms with van der Waals surface area (Å²) in [7, 11) is 2.99. The lowest BCUT2D eigenvalue weighted by Gasteiger charge is -2.33. The Hall–Kier alpha value is -4.81. The summed E-state index contributed by atoms with van der Waals surface area (Å²) in [5, 5.41) is 0. The molecule has 4 heterocycles. The van der Waals surface area contributed by atoms with E-state index in [0.29, 0.717) is 55.0 Å². The molecule has 1 atom stereocenters. The lowest BCUT2D eigenvalue weighted by atomic mass is 10.1. The van der Waals surface area contributed by atoms with Crippen molar-refractivity contribution in [2.75, 3.05) is 38.8 Å². The second kappa shape index (κ2) is 12.8. The second-order valence-corrected chi connectivity index (χ2v) is 10.7. The lowest BCUT2D eigenvalue weighted by molar-refractivity contribution is -0.139. The van der Waals surface area contributed by atoms with Crippen LogP contribution in [0.5, 0.6) is 5.88 Å². The average molecular weight is 600 g/mol. The topological polar surface area (TPSA) is 125 Å². The fourth-order valence-electron chi connectivity index (χ4n) is 5.25. The molecular formula is C32H33N5O7. The molecule has 0 unspecified atom stereocenters. The zero-order valence-corrected chi connectivity index (χ0v) is 24.6. The van der Waals surface area contributed by atoms with E-state index in [2.05, 4.69) is 4.98 Å². The molecule has 0 bridgehead atoms. The van der Waals surface area contributed by atoms with Gasteiger partial charge in [-0.05, 0) is 41.8 Å². The Morgan fingerprint density at radius 1 is 0.955 bits per heavy atom. The van der Waals surface area contributed by atoms with Crippen molar-refractivity contribution in [3.8, 4) is 5.88 Å². The summed E-state index contributed by atoms with van der Waals surface area (Å²) < 4.78 is 23.5. The number of hydrogen-bond acceptors (Lipinski definition) is 9. The maximum Gasteiger partial charge on any atom is 0.337 e. The summed E-state index contributed by atoms with van der Waals surface area (Å²) in [6.45, 7) is 1.90. The molecule has 2 fully saturated rings. The molecule has 0 spiro atoms. The van der Waals surface area contributed by atoms with Crippen LogP contribution in [0.4, 0.5) is 5.82 Å². The Bertz CT molecular complexity index is 1680. The van der Waals surface area contributed by atoms with Crippen LogP contribution in [0.3, 0.4) is 0 Å². The first-order valence-corrected chi connectivity index (χ1v) is 14.4. The number of nitrogens with zero attached hydrogens (tertiary/aromatic N) is 5. The minimum absolute atomic E-state index is 0.0118. The Kier molecular flexibility index (Phi) is 8.53. The van der Waals surface area contributed by atoms with Gasteiger partial charge in [-0.1, -0.05) is 30.3 Å². The van der Waals surface area contributed by atoms with Crippen molar-refractivity contribution < 1.29 is 33.3 Å². The van der Waals surface area contributed by atoms with Gasteiger partial charge < -0.3 is 28.4 Å². The summed E-state index contributed by atoms with van der Waals surface area (Å²) in [4.78, 5) is 50.9. The van der Waals surface area contributed by atoms with E-state index in [1.54, 1.807) is 43.5 Å². The van der Waals surface area contributed by atoms with Crippen molar-refractivity contribution in [2.45, 2.75) is 38.8 Å². The number of rotatable bonds is 11. The molecule has 0 aliphatic carbocycles. The van der Waals surface area contributed by atoms with Crippen molar-refractivity contribution >= 4 is 34.6 Å². The number of carbonyl (C=O) groups is 3. The predicted octanol–water partition coefficient (Wildman–Crippen LogP) is 3.11. The van der Waals surface area contributed by atoms with Gasteiger partial charge in [0.05, 0.1) is 49.5 Å². The monoisotopic (exact) mass is 599 g/mol. The van der Waals surface area contributed by atoms with Gasteiger partial charge in [0.1, 0.15) is 31.3 Å². The van der Waals surface area contributed by atoms with E-state index in [4.69, 9.17) is 23.9 Å². The molecular weight excluding hydrogens is 566 g/mol. The van der Waals surface area contributed by atoms with Gasteiger partial charge in [-0.2, -0.15) is 4.98 Å². The van der Waals surface area contributed by atoms with E-state index < -0.39 is 5.97 Å². The number of imidazole rings is 1. The zero-order chi connectivity index (χ0) is 30.6. The van der Waals surface area contributed by atoms with Crippen LogP contribution in [0.1, 0.15) is 33.7 Å². The van der Waals surface area contributed by atoms with Crippen molar-refractivity contribution in [3.63, 3.8) is 0 Å². The van der Waals surface area contributed by atoms with E-state index in [1.807, 2.05) is 28.8 Å². The molecule has 0 saturated carbocycles. The molecule has 6 rings (SSSR count). The van der Waals surface area contributed by atoms with Gasteiger partial charge >= 0.3 is 5.97 Å². The van der Waals surface area contributed by atoms with E-state index in [9.17, 15) is 14.4 Å². The third-order valence-corrected chi connectivity index (χ3v) is 7.74. The largest absolute Gasteiger partial charge is 0.473 e. The van der Waals surface area contributed by atoms with E-state index in [1.165, 1.54) is 16.9 Å². The number of hydrogen-bond donors (Lipinski definition) is 0. The summed E-state index contributed by atoms with van der Waals surface area (Å²) in [5.74, 6) is 0.363. The summed E-state index contributed by atoms with van der Waals surface area (Å²) in [6.07, 6.45) is 0.917. The molecule has 2 aliphatic heterocycles. The van der Waals surface area contributed by atoms with Crippen LogP contribution >= 0.6 is 0 Å². The number of piperazine rings is 1. The van der Waals surface area contributed by atoms with Crippen LogP contribution in [0.25, 0.3) is 11.0 Å². The number of fused-ring (bicyclic) bond motifs is 1. The molecule has 12 nitrogen and oxygen atoms in total. The molecule has 228 valence electrons. The molecule has 2 aliphatic rings. The number of pyridine rings is 1. The van der Waals surface area contributed by atoms with Gasteiger partial charge in [-0.3, -0.25) is 14.5 Å². The van der Waals surface area contributed by atoms with Crippen LogP contribution in [0.15, 0.2) is 60.7 Å². The molecule has 4 aromatic rings. The maximum atomic E-state index is 13.3. The van der Waals surface area contributed by atoms with Crippen molar-refractivity contribution in [2.24, 2.45) is 0 Å². The highest BCUT2D eigenvalue weighted by Crippen LogP contribution is 2.25. The normalized spacial score (nSPS) is 16.7. The van der Waals surface area contributed by atoms with Crippen molar-refractivity contribution in [3.05, 3.63) is 83.2 Å². The number of amides is 2. The summed E-state index contributed by atoms with van der Waals surface area (Å²) in [6, 6.07) is 18.2. The van der Waals surface area contributed by atoms with Gasteiger partial charge in [0.25, 0.3) is 0 Å². The van der Waals surface area contributed by atoms with Crippen LogP contribution < -0.4 is 9.64 Å². The SMILES string of the molecule is COCc1ccc(COc2cccc(N3CC(=O)N(Cc4nc5ccc(C(=O)OC)cc5n4C[C@@H]4CCO4)CC3=O)n2)cc1. The molecule has 2 saturated heterocycles. The first-order valence-electron chi connectivity index (χ1n) is 14.4. The number of methoxy groups -OCH3 is 2. The molecule has 2 aromatic heterocycles. The fourth-order valence-corrected chi connectivity index (χ4v) is 5.25. The quantitative estimate of drug-likeness (QED) is 0.239. The Morgan fingerprint density at radius 3 is 2.43 bits per heavy atom. The van der Waals surface area contributed by atoms with E-state index in [-0.39, 0.29) is 37.6 Å². The Labute approximate surface area is 254 Å². The van der Waals surface area contributed by atoms with Gasteiger partial charge in [0, 0.05) is 19.8 Å². The number of carbonyl (C=O) groups excluding carboxylic acids is 3. The maximum absolute atomic E-state index is 13.3. The van der Waals surface area contributed by atoms with E-state index in [0.717, 1.165) is 23.1 Å². The fraction of sp³-hybridized carbons (Fsp3) is 0.344. The van der Waals surface area contributed by atoms with Crippen LogP contribution in [0.2, 0.25) is 0 Å². The van der Waals surface area contributed by atoms with Gasteiger partial charge in [0.15, 0.2) is 0 Å². The van der Waals surface area contributed by atoms with Crippen molar-refractivity contribution in [1.82, 2.24) is 19.4 Å². The second-order valence-electron chi connectivity index (χ2n) is 10.7. The number of anilines is 1. The molecule has 12 heteroatoms. The Balaban J connectivity index is 1.15. The van der Waals surface area contributed by atoms with Gasteiger partial charge in [0.2, 0.25) is 17.7 Å². The summed E-state index contributed by atoms with van der Waals surface area (Å²) >= 11 is 0. The molecule has 44 heavy (non-hydrogen) atoms. The third kappa shape index (κ3) is 6.26. The smallest absolute Gasteiger partial charge is 0.337 e. The highest BCUT2D eigenvalue weighted by atomic mass is 16.5. The lowest BCUT2D eigenvalue weighted by Crippen LogP contribution is -2.54. The predicted molar refractivity (Wildman–Crippen MR) is 159 cm³/mol.